The van der Waals surface area contributed by atoms with Gasteiger partial charge in [0.15, 0.2) is 6.10 Å². The van der Waals surface area contributed by atoms with Crippen LogP contribution in [0.15, 0.2) is 60.7 Å². The molecule has 3 rings (SSSR count). The van der Waals surface area contributed by atoms with Crippen LogP contribution in [-0.4, -0.2) is 36.6 Å². The lowest BCUT2D eigenvalue weighted by Crippen LogP contribution is -2.50. The van der Waals surface area contributed by atoms with Gasteiger partial charge in [0.05, 0.1) is 17.7 Å². The fourth-order valence-electron chi connectivity index (χ4n) is 2.51. The number of rotatable bonds is 4. The maximum Gasteiger partial charge on any atom is 0.338 e. The van der Waals surface area contributed by atoms with Gasteiger partial charge < -0.3 is 14.8 Å². The van der Waals surface area contributed by atoms with Crippen molar-refractivity contribution >= 4 is 17.8 Å². The molecule has 1 saturated heterocycles. The molecule has 128 valence electrons. The van der Waals surface area contributed by atoms with Crippen molar-refractivity contribution in [3.63, 3.8) is 0 Å². The number of piperidine rings is 1. The number of carbonyl (C=O) groups excluding carboxylic acids is 3. The van der Waals surface area contributed by atoms with Crippen LogP contribution in [0.4, 0.5) is 0 Å². The molecule has 0 saturated carbocycles. The highest BCUT2D eigenvalue weighted by atomic mass is 16.6. The lowest BCUT2D eigenvalue weighted by atomic mass is 10.1. The minimum absolute atomic E-state index is 0.128. The molecule has 0 spiro atoms. The SMILES string of the molecule is O=C(O[C@H]1CNC(=O)[C@H](OC(=O)c2ccccc2)C1)c1ccccc1. The molecule has 0 aromatic heterocycles. The summed E-state index contributed by atoms with van der Waals surface area (Å²) in [6.45, 7) is 0.191. The Hall–Kier alpha value is -3.15. The summed E-state index contributed by atoms with van der Waals surface area (Å²) in [5.74, 6) is -1.46. The van der Waals surface area contributed by atoms with Gasteiger partial charge in [0, 0.05) is 6.42 Å². The Kier molecular flexibility index (Phi) is 5.09. The summed E-state index contributed by atoms with van der Waals surface area (Å²) in [6, 6.07) is 17.0. The van der Waals surface area contributed by atoms with E-state index in [2.05, 4.69) is 5.32 Å². The van der Waals surface area contributed by atoms with E-state index < -0.39 is 30.1 Å². The molecule has 1 N–H and O–H groups in total. The van der Waals surface area contributed by atoms with Crippen LogP contribution in [0.3, 0.4) is 0 Å². The quantitative estimate of drug-likeness (QED) is 0.861. The van der Waals surface area contributed by atoms with Crippen LogP contribution in [0.2, 0.25) is 0 Å². The zero-order valence-electron chi connectivity index (χ0n) is 13.4. The van der Waals surface area contributed by atoms with Crippen LogP contribution in [0, 0.1) is 0 Å². The van der Waals surface area contributed by atoms with Crippen molar-refractivity contribution in [2.75, 3.05) is 6.54 Å². The number of ether oxygens (including phenoxy) is 2. The largest absolute Gasteiger partial charge is 0.457 e. The van der Waals surface area contributed by atoms with E-state index in [4.69, 9.17) is 9.47 Å². The summed E-state index contributed by atoms with van der Waals surface area (Å²) in [5, 5.41) is 2.60. The molecule has 1 fully saturated rings. The lowest BCUT2D eigenvalue weighted by molar-refractivity contribution is -0.135. The molecule has 0 unspecified atom stereocenters. The Morgan fingerprint density at radius 3 is 1.92 bits per heavy atom. The molecule has 6 heteroatoms. The van der Waals surface area contributed by atoms with Crippen molar-refractivity contribution in [3.8, 4) is 0 Å². The molecule has 2 atom stereocenters. The maximum absolute atomic E-state index is 12.1. The van der Waals surface area contributed by atoms with Crippen molar-refractivity contribution in [1.82, 2.24) is 5.32 Å². The monoisotopic (exact) mass is 339 g/mol. The molecule has 6 nitrogen and oxygen atoms in total. The summed E-state index contributed by atoms with van der Waals surface area (Å²) in [5.41, 5.74) is 0.788. The van der Waals surface area contributed by atoms with Crippen LogP contribution in [0.25, 0.3) is 0 Å². The first kappa shape index (κ1) is 16.7. The van der Waals surface area contributed by atoms with E-state index in [0.29, 0.717) is 11.1 Å². The number of esters is 2. The molecule has 0 bridgehead atoms. The van der Waals surface area contributed by atoms with Gasteiger partial charge in [-0.2, -0.15) is 0 Å². The fraction of sp³-hybridized carbons (Fsp3) is 0.211. The van der Waals surface area contributed by atoms with Gasteiger partial charge in [-0.1, -0.05) is 36.4 Å². The topological polar surface area (TPSA) is 81.7 Å². The average molecular weight is 339 g/mol. The van der Waals surface area contributed by atoms with E-state index in [-0.39, 0.29) is 13.0 Å². The number of hydrogen-bond acceptors (Lipinski definition) is 5. The second-order valence-corrected chi connectivity index (χ2v) is 5.63. The Balaban J connectivity index is 1.61. The first-order chi connectivity index (χ1) is 12.1. The zero-order chi connectivity index (χ0) is 17.6. The Labute approximate surface area is 144 Å². The molecular formula is C19H17NO5. The fourth-order valence-corrected chi connectivity index (χ4v) is 2.51. The van der Waals surface area contributed by atoms with Crippen molar-refractivity contribution in [2.24, 2.45) is 0 Å². The van der Waals surface area contributed by atoms with E-state index in [9.17, 15) is 14.4 Å². The van der Waals surface area contributed by atoms with Crippen LogP contribution in [0.1, 0.15) is 27.1 Å². The van der Waals surface area contributed by atoms with E-state index in [1.807, 2.05) is 0 Å². The molecule has 0 aliphatic carbocycles. The molecule has 1 aliphatic rings. The lowest BCUT2D eigenvalue weighted by Gasteiger charge is -2.28. The maximum atomic E-state index is 12.1. The van der Waals surface area contributed by atoms with Crippen LogP contribution in [-0.2, 0) is 14.3 Å². The third-order valence-electron chi connectivity index (χ3n) is 3.82. The second kappa shape index (κ2) is 7.61. The summed E-state index contributed by atoms with van der Waals surface area (Å²) in [4.78, 5) is 36.1. The normalized spacial score (nSPS) is 19.6. The molecule has 2 aromatic rings. The van der Waals surface area contributed by atoms with E-state index in [1.54, 1.807) is 60.7 Å². The van der Waals surface area contributed by atoms with Gasteiger partial charge in [-0.3, -0.25) is 4.79 Å². The molecule has 1 aliphatic heterocycles. The highest BCUT2D eigenvalue weighted by Crippen LogP contribution is 2.16. The van der Waals surface area contributed by atoms with Gasteiger partial charge in [0.2, 0.25) is 0 Å². The van der Waals surface area contributed by atoms with Gasteiger partial charge >= 0.3 is 11.9 Å². The highest BCUT2D eigenvalue weighted by molar-refractivity contribution is 5.93. The molecule has 25 heavy (non-hydrogen) atoms. The zero-order valence-corrected chi connectivity index (χ0v) is 13.4. The van der Waals surface area contributed by atoms with Gasteiger partial charge in [-0.25, -0.2) is 9.59 Å². The van der Waals surface area contributed by atoms with Crippen molar-refractivity contribution < 1.29 is 23.9 Å². The summed E-state index contributed by atoms with van der Waals surface area (Å²) >= 11 is 0. The standard InChI is InChI=1S/C19H17NO5/c21-17-16(25-19(23)14-9-5-2-6-10-14)11-15(12-20-17)24-18(22)13-7-3-1-4-8-13/h1-10,15-16H,11-12H2,(H,20,21)/t15-,16-/m1/s1. The van der Waals surface area contributed by atoms with E-state index in [1.165, 1.54) is 0 Å². The molecule has 1 heterocycles. The Morgan fingerprint density at radius 1 is 0.840 bits per heavy atom. The Bertz CT molecular complexity index is 760. The van der Waals surface area contributed by atoms with Crippen molar-refractivity contribution in [2.45, 2.75) is 18.6 Å². The minimum atomic E-state index is -0.991. The summed E-state index contributed by atoms with van der Waals surface area (Å²) < 4.78 is 10.7. The van der Waals surface area contributed by atoms with Crippen LogP contribution < -0.4 is 5.32 Å². The smallest absolute Gasteiger partial charge is 0.338 e. The van der Waals surface area contributed by atoms with Gasteiger partial charge in [-0.05, 0) is 24.3 Å². The Morgan fingerprint density at radius 2 is 1.36 bits per heavy atom. The van der Waals surface area contributed by atoms with Gasteiger partial charge in [-0.15, -0.1) is 0 Å². The number of carbonyl (C=O) groups is 3. The van der Waals surface area contributed by atoms with E-state index >= 15 is 0 Å². The molecule has 2 aromatic carbocycles. The summed E-state index contributed by atoms with van der Waals surface area (Å²) in [6.07, 6.45) is -1.42. The number of nitrogens with one attached hydrogen (secondary N) is 1. The predicted octanol–water partition coefficient (Wildman–Crippen LogP) is 1.96. The van der Waals surface area contributed by atoms with Crippen molar-refractivity contribution in [3.05, 3.63) is 71.8 Å². The third-order valence-corrected chi connectivity index (χ3v) is 3.82. The summed E-state index contributed by atoms with van der Waals surface area (Å²) in [7, 11) is 0. The van der Waals surface area contributed by atoms with Crippen molar-refractivity contribution in [1.29, 1.82) is 0 Å². The number of benzene rings is 2. The first-order valence-electron chi connectivity index (χ1n) is 7.93. The molecule has 1 amide bonds. The van der Waals surface area contributed by atoms with Gasteiger partial charge in [0.1, 0.15) is 6.10 Å². The van der Waals surface area contributed by atoms with E-state index in [0.717, 1.165) is 0 Å². The van der Waals surface area contributed by atoms with Gasteiger partial charge in [0.25, 0.3) is 5.91 Å². The average Bonchev–Trinajstić information content (AvgIpc) is 2.66. The first-order valence-corrected chi connectivity index (χ1v) is 7.93. The van der Waals surface area contributed by atoms with Crippen LogP contribution in [0.5, 0.6) is 0 Å². The molecule has 0 radical (unpaired) electrons. The number of hydrogen-bond donors (Lipinski definition) is 1. The highest BCUT2D eigenvalue weighted by Gasteiger charge is 2.33. The molecular weight excluding hydrogens is 322 g/mol. The third kappa shape index (κ3) is 4.23. The second-order valence-electron chi connectivity index (χ2n) is 5.63. The van der Waals surface area contributed by atoms with Crippen LogP contribution >= 0.6 is 0 Å². The predicted molar refractivity (Wildman–Crippen MR) is 88.9 cm³/mol. The number of amides is 1. The minimum Gasteiger partial charge on any atom is -0.457 e.